The highest BCUT2D eigenvalue weighted by Crippen LogP contribution is 2.30. The molecular formula is C16H22N2O3. The van der Waals surface area contributed by atoms with Gasteiger partial charge in [-0.15, -0.1) is 0 Å². The van der Waals surface area contributed by atoms with Crippen molar-refractivity contribution in [1.29, 1.82) is 0 Å². The van der Waals surface area contributed by atoms with Crippen LogP contribution in [0.1, 0.15) is 43.7 Å². The van der Waals surface area contributed by atoms with Crippen LogP contribution in [-0.2, 0) is 4.79 Å². The van der Waals surface area contributed by atoms with Gasteiger partial charge in [-0.25, -0.2) is 4.79 Å². The monoisotopic (exact) mass is 290 g/mol. The molecule has 5 heteroatoms. The van der Waals surface area contributed by atoms with Gasteiger partial charge < -0.3 is 15.3 Å². The van der Waals surface area contributed by atoms with Crippen molar-refractivity contribution in [3.8, 4) is 0 Å². The number of carbonyl (C=O) groups is 2. The van der Waals surface area contributed by atoms with Crippen LogP contribution >= 0.6 is 0 Å². The molecule has 5 nitrogen and oxygen atoms in total. The largest absolute Gasteiger partial charge is 0.480 e. The fourth-order valence-corrected chi connectivity index (χ4v) is 2.42. The molecule has 1 aliphatic carbocycles. The van der Waals surface area contributed by atoms with E-state index in [1.165, 1.54) is 4.90 Å². The van der Waals surface area contributed by atoms with Gasteiger partial charge in [0, 0.05) is 11.7 Å². The summed E-state index contributed by atoms with van der Waals surface area (Å²) in [6.45, 7) is 5.83. The van der Waals surface area contributed by atoms with Crippen molar-refractivity contribution in [1.82, 2.24) is 4.90 Å². The topological polar surface area (TPSA) is 69.6 Å². The molecule has 114 valence electrons. The van der Waals surface area contributed by atoms with Gasteiger partial charge in [-0.05, 0) is 36.8 Å². The first-order chi connectivity index (χ1) is 9.90. The van der Waals surface area contributed by atoms with Crippen LogP contribution in [0.4, 0.5) is 10.5 Å². The lowest BCUT2D eigenvalue weighted by atomic mass is 9.98. The molecule has 1 saturated carbocycles. The summed E-state index contributed by atoms with van der Waals surface area (Å²) in [5.74, 6) is -0.694. The van der Waals surface area contributed by atoms with E-state index in [2.05, 4.69) is 19.2 Å². The molecule has 0 aliphatic heterocycles. The Balaban J connectivity index is 2.20. The molecular weight excluding hydrogens is 268 g/mol. The van der Waals surface area contributed by atoms with Crippen molar-refractivity contribution in [2.24, 2.45) is 0 Å². The number of aliphatic carboxylic acids is 1. The highest BCUT2D eigenvalue weighted by atomic mass is 16.4. The number of aryl methyl sites for hydroxylation is 1. The Morgan fingerprint density at radius 2 is 2.05 bits per heavy atom. The van der Waals surface area contributed by atoms with Crippen molar-refractivity contribution < 1.29 is 14.7 Å². The van der Waals surface area contributed by atoms with E-state index in [0.29, 0.717) is 0 Å². The van der Waals surface area contributed by atoms with Crippen molar-refractivity contribution in [3.63, 3.8) is 0 Å². The lowest BCUT2D eigenvalue weighted by molar-refractivity contribution is -0.137. The predicted molar refractivity (Wildman–Crippen MR) is 81.7 cm³/mol. The number of hydrogen-bond donors (Lipinski definition) is 2. The molecule has 0 spiro atoms. The summed E-state index contributed by atoms with van der Waals surface area (Å²) in [6.07, 6.45) is 1.76. The van der Waals surface area contributed by atoms with Gasteiger partial charge in [0.1, 0.15) is 6.54 Å². The van der Waals surface area contributed by atoms with Crippen LogP contribution in [-0.4, -0.2) is 34.6 Å². The van der Waals surface area contributed by atoms with Crippen LogP contribution in [0.5, 0.6) is 0 Å². The van der Waals surface area contributed by atoms with Gasteiger partial charge in [-0.3, -0.25) is 4.79 Å². The average molecular weight is 290 g/mol. The zero-order valence-electron chi connectivity index (χ0n) is 12.7. The van der Waals surface area contributed by atoms with Gasteiger partial charge in [-0.1, -0.05) is 32.0 Å². The minimum absolute atomic E-state index is 0.0626. The summed E-state index contributed by atoms with van der Waals surface area (Å²) >= 11 is 0. The fraction of sp³-hybridized carbons (Fsp3) is 0.500. The Morgan fingerprint density at radius 3 is 2.57 bits per heavy atom. The Kier molecular flexibility index (Phi) is 4.50. The van der Waals surface area contributed by atoms with E-state index in [4.69, 9.17) is 5.11 Å². The van der Waals surface area contributed by atoms with Crippen molar-refractivity contribution in [3.05, 3.63) is 29.3 Å². The molecule has 1 aromatic rings. The second-order valence-corrected chi connectivity index (χ2v) is 5.88. The number of rotatable bonds is 5. The third kappa shape index (κ3) is 3.74. The van der Waals surface area contributed by atoms with Gasteiger partial charge in [-0.2, -0.15) is 0 Å². The summed E-state index contributed by atoms with van der Waals surface area (Å²) in [5, 5.41) is 11.9. The first-order valence-electron chi connectivity index (χ1n) is 7.29. The molecule has 1 aromatic carbocycles. The standard InChI is InChI=1S/C16H22N2O3/c1-10(2)13-6-4-5-11(3)15(13)17-16(21)18(9-14(19)20)12-7-8-12/h4-6,10,12H,7-9H2,1-3H3,(H,17,21)(H,19,20). The first kappa shape index (κ1) is 15.4. The molecule has 0 radical (unpaired) electrons. The Labute approximate surface area is 125 Å². The van der Waals surface area contributed by atoms with Crippen LogP contribution in [0.2, 0.25) is 0 Å². The number of amides is 2. The highest BCUT2D eigenvalue weighted by molar-refractivity contribution is 5.93. The van der Waals surface area contributed by atoms with Crippen LogP contribution in [0.3, 0.4) is 0 Å². The number of urea groups is 1. The maximum absolute atomic E-state index is 12.4. The number of anilines is 1. The first-order valence-corrected chi connectivity index (χ1v) is 7.29. The zero-order chi connectivity index (χ0) is 15.6. The molecule has 21 heavy (non-hydrogen) atoms. The summed E-state index contributed by atoms with van der Waals surface area (Å²) in [7, 11) is 0. The minimum Gasteiger partial charge on any atom is -0.480 e. The third-order valence-corrected chi connectivity index (χ3v) is 3.71. The molecule has 2 amide bonds. The summed E-state index contributed by atoms with van der Waals surface area (Å²) < 4.78 is 0. The fourth-order valence-electron chi connectivity index (χ4n) is 2.42. The average Bonchev–Trinajstić information content (AvgIpc) is 3.22. The van der Waals surface area contributed by atoms with Gasteiger partial charge in [0.25, 0.3) is 0 Å². The molecule has 0 saturated heterocycles. The molecule has 0 unspecified atom stereocenters. The third-order valence-electron chi connectivity index (χ3n) is 3.71. The maximum atomic E-state index is 12.4. The highest BCUT2D eigenvalue weighted by Gasteiger charge is 2.34. The van der Waals surface area contributed by atoms with E-state index in [-0.39, 0.29) is 24.5 Å². The number of para-hydroxylation sites is 1. The Bertz CT molecular complexity index is 550. The number of carboxylic acid groups (broad SMARTS) is 1. The number of hydrogen-bond acceptors (Lipinski definition) is 2. The molecule has 0 atom stereocenters. The summed E-state index contributed by atoms with van der Waals surface area (Å²) in [4.78, 5) is 24.7. The second-order valence-electron chi connectivity index (χ2n) is 5.88. The minimum atomic E-state index is -0.981. The van der Waals surface area contributed by atoms with Crippen LogP contribution in [0, 0.1) is 6.92 Å². The normalized spacial score (nSPS) is 14.1. The number of nitrogens with zero attached hydrogens (tertiary/aromatic N) is 1. The van der Waals surface area contributed by atoms with E-state index < -0.39 is 5.97 Å². The van der Waals surface area contributed by atoms with Crippen LogP contribution < -0.4 is 5.32 Å². The molecule has 1 fully saturated rings. The number of carboxylic acids is 1. The summed E-state index contributed by atoms with van der Waals surface area (Å²) in [5.41, 5.74) is 2.85. The molecule has 2 N–H and O–H groups in total. The van der Waals surface area contributed by atoms with E-state index in [1.807, 2.05) is 25.1 Å². The van der Waals surface area contributed by atoms with Crippen molar-refractivity contribution in [2.75, 3.05) is 11.9 Å². The quantitative estimate of drug-likeness (QED) is 0.875. The van der Waals surface area contributed by atoms with Gasteiger partial charge in [0.05, 0.1) is 0 Å². The van der Waals surface area contributed by atoms with Gasteiger partial charge in [0.15, 0.2) is 0 Å². The lowest BCUT2D eigenvalue weighted by Crippen LogP contribution is -2.40. The molecule has 0 heterocycles. The zero-order valence-corrected chi connectivity index (χ0v) is 12.7. The number of carbonyl (C=O) groups excluding carboxylic acids is 1. The maximum Gasteiger partial charge on any atom is 0.323 e. The predicted octanol–water partition coefficient (Wildman–Crippen LogP) is 3.20. The van der Waals surface area contributed by atoms with Crippen LogP contribution in [0.15, 0.2) is 18.2 Å². The van der Waals surface area contributed by atoms with Crippen LogP contribution in [0.25, 0.3) is 0 Å². The Hall–Kier alpha value is -2.04. The number of benzene rings is 1. The van der Waals surface area contributed by atoms with E-state index in [0.717, 1.165) is 29.7 Å². The van der Waals surface area contributed by atoms with Gasteiger partial charge in [0.2, 0.25) is 0 Å². The Morgan fingerprint density at radius 1 is 1.38 bits per heavy atom. The van der Waals surface area contributed by atoms with E-state index in [9.17, 15) is 9.59 Å². The molecule has 0 aromatic heterocycles. The van der Waals surface area contributed by atoms with Crippen molar-refractivity contribution >= 4 is 17.7 Å². The number of nitrogens with one attached hydrogen (secondary N) is 1. The van der Waals surface area contributed by atoms with Crippen molar-refractivity contribution in [2.45, 2.75) is 45.6 Å². The molecule has 2 rings (SSSR count). The van der Waals surface area contributed by atoms with E-state index in [1.54, 1.807) is 0 Å². The molecule has 1 aliphatic rings. The SMILES string of the molecule is Cc1cccc(C(C)C)c1NC(=O)N(CC(=O)O)C1CC1. The lowest BCUT2D eigenvalue weighted by Gasteiger charge is -2.23. The molecule has 0 bridgehead atoms. The van der Waals surface area contributed by atoms with Gasteiger partial charge >= 0.3 is 12.0 Å². The van der Waals surface area contributed by atoms with E-state index >= 15 is 0 Å². The smallest absolute Gasteiger partial charge is 0.323 e. The second kappa shape index (κ2) is 6.16. The summed E-state index contributed by atoms with van der Waals surface area (Å²) in [6, 6.07) is 5.64.